The highest BCUT2D eigenvalue weighted by Crippen LogP contribution is 2.37. The summed E-state index contributed by atoms with van der Waals surface area (Å²) in [6, 6.07) is 2.23. The van der Waals surface area contributed by atoms with Crippen molar-refractivity contribution in [3.63, 3.8) is 0 Å². The maximum Gasteiger partial charge on any atom is 0.416 e. The highest BCUT2D eigenvalue weighted by Gasteiger charge is 2.37. The van der Waals surface area contributed by atoms with E-state index in [9.17, 15) is 31.4 Å². The summed E-state index contributed by atoms with van der Waals surface area (Å²) in [4.78, 5) is 0. The lowest BCUT2D eigenvalue weighted by atomic mass is 10.00. The lowest BCUT2D eigenvalue weighted by Crippen LogP contribution is -2.13. The molecule has 104 valence electrons. The molecular weight excluding hydrogens is 276 g/mol. The second-order valence-electron chi connectivity index (χ2n) is 3.72. The molecule has 0 aliphatic heterocycles. The summed E-state index contributed by atoms with van der Waals surface area (Å²) in [6.45, 7) is 0. The average Bonchev–Trinajstić information content (AvgIpc) is 2.26. The van der Waals surface area contributed by atoms with Crippen LogP contribution in [0.3, 0.4) is 0 Å². The number of halogens is 6. The van der Waals surface area contributed by atoms with Gasteiger partial charge in [0, 0.05) is 0 Å². The highest BCUT2D eigenvalue weighted by atomic mass is 19.4. The van der Waals surface area contributed by atoms with Crippen molar-refractivity contribution in [3.8, 4) is 6.07 Å². The van der Waals surface area contributed by atoms with Crippen molar-refractivity contribution >= 4 is 0 Å². The van der Waals surface area contributed by atoms with Gasteiger partial charge >= 0.3 is 12.4 Å². The Kier molecular flexibility index (Phi) is 4.10. The Balaban J connectivity index is 3.38. The number of nitriles is 1. The van der Waals surface area contributed by atoms with Crippen molar-refractivity contribution in [2.24, 2.45) is 0 Å². The molecule has 0 aliphatic rings. The van der Waals surface area contributed by atoms with Gasteiger partial charge in [-0.1, -0.05) is 0 Å². The second-order valence-corrected chi connectivity index (χ2v) is 3.72. The van der Waals surface area contributed by atoms with Crippen LogP contribution in [0.25, 0.3) is 0 Å². The molecule has 0 fully saturated rings. The van der Waals surface area contributed by atoms with E-state index in [4.69, 9.17) is 5.26 Å². The van der Waals surface area contributed by atoms with Crippen LogP contribution in [0.15, 0.2) is 18.2 Å². The predicted molar refractivity (Wildman–Crippen MR) is 51.6 cm³/mol. The number of rotatable bonds is 2. The number of alkyl halides is 6. The SMILES string of the molecule is N#CCC(O)c1cc(C(F)(F)F)cc(C(F)(F)F)c1. The van der Waals surface area contributed by atoms with Gasteiger partial charge < -0.3 is 5.11 Å². The minimum atomic E-state index is -4.97. The Morgan fingerprint density at radius 3 is 1.74 bits per heavy atom. The molecule has 0 bridgehead atoms. The van der Waals surface area contributed by atoms with Crippen LogP contribution in [-0.2, 0) is 12.4 Å². The van der Waals surface area contributed by atoms with Gasteiger partial charge in [-0.05, 0) is 23.8 Å². The molecule has 0 saturated heterocycles. The normalized spacial score (nSPS) is 14.0. The zero-order chi connectivity index (χ0) is 14.8. The van der Waals surface area contributed by atoms with Gasteiger partial charge in [-0.25, -0.2) is 0 Å². The van der Waals surface area contributed by atoms with Gasteiger partial charge in [0.1, 0.15) is 0 Å². The number of nitrogens with zero attached hydrogens (tertiary/aromatic N) is 1. The second kappa shape index (κ2) is 5.09. The summed E-state index contributed by atoms with van der Waals surface area (Å²) in [5.74, 6) is 0. The van der Waals surface area contributed by atoms with E-state index >= 15 is 0 Å². The molecular formula is C11H7F6NO. The summed E-state index contributed by atoms with van der Waals surface area (Å²) < 4.78 is 74.8. The Bertz CT molecular complexity index is 467. The first-order valence-corrected chi connectivity index (χ1v) is 4.90. The van der Waals surface area contributed by atoms with E-state index in [2.05, 4.69) is 0 Å². The molecule has 1 aromatic rings. The lowest BCUT2D eigenvalue weighted by Gasteiger charge is -2.15. The fourth-order valence-corrected chi connectivity index (χ4v) is 1.38. The van der Waals surface area contributed by atoms with E-state index in [-0.39, 0.29) is 6.07 Å². The van der Waals surface area contributed by atoms with Crippen LogP contribution in [0.2, 0.25) is 0 Å². The lowest BCUT2D eigenvalue weighted by molar-refractivity contribution is -0.143. The van der Waals surface area contributed by atoms with Gasteiger partial charge in [0.2, 0.25) is 0 Å². The molecule has 1 atom stereocenters. The summed E-state index contributed by atoms with van der Waals surface area (Å²) >= 11 is 0. The highest BCUT2D eigenvalue weighted by molar-refractivity contribution is 5.35. The van der Waals surface area contributed by atoms with Crippen molar-refractivity contribution in [1.82, 2.24) is 0 Å². The van der Waals surface area contributed by atoms with Crippen molar-refractivity contribution in [3.05, 3.63) is 34.9 Å². The summed E-state index contributed by atoms with van der Waals surface area (Å²) in [5, 5.41) is 17.6. The Hall–Kier alpha value is -1.75. The third-order valence-electron chi connectivity index (χ3n) is 2.28. The largest absolute Gasteiger partial charge is 0.416 e. The van der Waals surface area contributed by atoms with Crippen molar-refractivity contribution in [2.75, 3.05) is 0 Å². The fraction of sp³-hybridized carbons (Fsp3) is 0.364. The van der Waals surface area contributed by atoms with E-state index in [0.717, 1.165) is 0 Å². The van der Waals surface area contributed by atoms with Gasteiger partial charge in [-0.15, -0.1) is 0 Å². The smallest absolute Gasteiger partial charge is 0.387 e. The molecule has 19 heavy (non-hydrogen) atoms. The molecule has 0 heterocycles. The molecule has 0 amide bonds. The molecule has 1 unspecified atom stereocenters. The van der Waals surface area contributed by atoms with Gasteiger partial charge in [-0.3, -0.25) is 0 Å². The average molecular weight is 283 g/mol. The minimum absolute atomic E-state index is 0.0391. The van der Waals surface area contributed by atoms with Crippen LogP contribution in [0.5, 0.6) is 0 Å². The van der Waals surface area contributed by atoms with Crippen LogP contribution in [-0.4, -0.2) is 5.11 Å². The van der Waals surface area contributed by atoms with E-state index in [0.29, 0.717) is 12.1 Å². The van der Waals surface area contributed by atoms with Gasteiger partial charge in [0.15, 0.2) is 0 Å². The van der Waals surface area contributed by atoms with Crippen LogP contribution in [0.1, 0.15) is 29.2 Å². The molecule has 0 aromatic heterocycles. The number of hydrogen-bond donors (Lipinski definition) is 1. The van der Waals surface area contributed by atoms with E-state index in [1.807, 2.05) is 0 Å². The number of hydrogen-bond acceptors (Lipinski definition) is 2. The summed E-state index contributed by atoms with van der Waals surface area (Å²) in [6.07, 6.45) is -12.2. The van der Waals surface area contributed by atoms with Crippen LogP contribution in [0.4, 0.5) is 26.3 Å². The first-order valence-electron chi connectivity index (χ1n) is 4.90. The molecule has 0 spiro atoms. The van der Waals surface area contributed by atoms with Crippen LogP contribution in [0, 0.1) is 11.3 Å². The fourth-order valence-electron chi connectivity index (χ4n) is 1.38. The quantitative estimate of drug-likeness (QED) is 0.841. The van der Waals surface area contributed by atoms with Crippen molar-refractivity contribution in [1.29, 1.82) is 5.26 Å². The molecule has 1 aromatic carbocycles. The number of benzene rings is 1. The van der Waals surface area contributed by atoms with E-state index in [1.54, 1.807) is 0 Å². The maximum absolute atomic E-state index is 12.5. The third-order valence-corrected chi connectivity index (χ3v) is 2.28. The first-order chi connectivity index (χ1) is 8.55. The first kappa shape index (κ1) is 15.3. The van der Waals surface area contributed by atoms with Crippen molar-refractivity contribution in [2.45, 2.75) is 24.9 Å². The monoisotopic (exact) mass is 283 g/mol. The summed E-state index contributed by atoms with van der Waals surface area (Å²) in [7, 11) is 0. The number of aliphatic hydroxyl groups is 1. The Morgan fingerprint density at radius 1 is 1.00 bits per heavy atom. The van der Waals surface area contributed by atoms with Crippen molar-refractivity contribution < 1.29 is 31.4 Å². The topological polar surface area (TPSA) is 44.0 Å². The van der Waals surface area contributed by atoms with Crippen LogP contribution < -0.4 is 0 Å². The van der Waals surface area contributed by atoms with E-state index in [1.165, 1.54) is 6.07 Å². The van der Waals surface area contributed by atoms with Gasteiger partial charge in [-0.2, -0.15) is 31.6 Å². The Morgan fingerprint density at radius 2 is 1.42 bits per heavy atom. The molecule has 2 nitrogen and oxygen atoms in total. The molecule has 0 aliphatic carbocycles. The molecule has 0 radical (unpaired) electrons. The third kappa shape index (κ3) is 3.86. The summed E-state index contributed by atoms with van der Waals surface area (Å²) in [5.41, 5.74) is -3.63. The standard InChI is InChI=1S/C11H7F6NO/c12-10(13,14)7-3-6(9(19)1-2-18)4-8(5-7)11(15,16)17/h3-5,9,19H,1H2. The molecule has 1 N–H and O–H groups in total. The zero-order valence-corrected chi connectivity index (χ0v) is 9.18. The predicted octanol–water partition coefficient (Wildman–Crippen LogP) is 3.67. The van der Waals surface area contributed by atoms with Gasteiger partial charge in [0.05, 0.1) is 29.7 Å². The Labute approximate surface area is 103 Å². The van der Waals surface area contributed by atoms with E-state index < -0.39 is 41.6 Å². The zero-order valence-electron chi connectivity index (χ0n) is 9.18. The number of aliphatic hydroxyl groups excluding tert-OH is 1. The maximum atomic E-state index is 12.5. The molecule has 1 rings (SSSR count). The molecule has 8 heteroatoms. The van der Waals surface area contributed by atoms with Gasteiger partial charge in [0.25, 0.3) is 0 Å². The minimum Gasteiger partial charge on any atom is -0.387 e. The van der Waals surface area contributed by atoms with Crippen LogP contribution >= 0.6 is 0 Å². The molecule has 0 saturated carbocycles.